The smallest absolute Gasteiger partial charge is 0.396 e. The van der Waals surface area contributed by atoms with Crippen molar-refractivity contribution in [2.24, 2.45) is 11.0 Å². The lowest BCUT2D eigenvalue weighted by atomic mass is 10.0. The van der Waals surface area contributed by atoms with Gasteiger partial charge in [0.1, 0.15) is 5.71 Å². The summed E-state index contributed by atoms with van der Waals surface area (Å²) in [4.78, 5) is 0. The average molecular weight is 391 g/mol. The Kier molecular flexibility index (Phi) is 5.02. The number of hydrogen-bond acceptors (Lipinski definition) is 5. The minimum absolute atomic E-state index is 0.0146. The third-order valence-corrected chi connectivity index (χ3v) is 5.29. The maximum Gasteiger partial charge on any atom is 0.431 e. The molecule has 0 aromatic heterocycles. The van der Waals surface area contributed by atoms with Gasteiger partial charge in [0.15, 0.2) is 0 Å². The topological polar surface area (TPSA) is 82.0 Å². The van der Waals surface area contributed by atoms with E-state index in [1.807, 2.05) is 18.2 Å². The minimum atomic E-state index is -4.55. The molecule has 2 N–H and O–H groups in total. The lowest BCUT2D eigenvalue weighted by Gasteiger charge is -2.16. The quantitative estimate of drug-likeness (QED) is 0.786. The number of aliphatic hydroxyl groups excluding tert-OH is 1. The highest BCUT2D eigenvalue weighted by Crippen LogP contribution is 2.29. The second-order valence-corrected chi connectivity index (χ2v) is 8.59. The van der Waals surface area contributed by atoms with Gasteiger partial charge >= 0.3 is 6.18 Å². The van der Waals surface area contributed by atoms with Gasteiger partial charge < -0.3 is 5.11 Å². The van der Waals surface area contributed by atoms with Crippen molar-refractivity contribution in [1.29, 1.82) is 0 Å². The number of nitrogens with one attached hydrogen (secondary N) is 1. The molecule has 6 nitrogen and oxygen atoms in total. The molecule has 1 aromatic carbocycles. The molecule has 0 fully saturated rings. The standard InChI is InChI=1S/C16H20F3N3O3S/c1-26(24,25)21-14-5-11-3-2-10(4-12(11)6-14)7-22-8-13(9-23)15(20-22)16(17,18)19/h2-4,13-14,21,23H,5-9H2,1H3/t13?,14-/m1/s1. The predicted molar refractivity (Wildman–Crippen MR) is 90.1 cm³/mol. The van der Waals surface area contributed by atoms with E-state index in [0.717, 1.165) is 22.9 Å². The highest BCUT2D eigenvalue weighted by atomic mass is 32.2. The molecule has 1 aliphatic carbocycles. The van der Waals surface area contributed by atoms with E-state index in [1.165, 1.54) is 5.01 Å². The predicted octanol–water partition coefficient (Wildman–Crippen LogP) is 1.05. The fourth-order valence-electron chi connectivity index (χ4n) is 3.51. The van der Waals surface area contributed by atoms with Gasteiger partial charge in [0.25, 0.3) is 0 Å². The lowest BCUT2D eigenvalue weighted by molar-refractivity contribution is -0.0630. The van der Waals surface area contributed by atoms with Crippen LogP contribution < -0.4 is 4.72 Å². The second-order valence-electron chi connectivity index (χ2n) is 6.81. The first-order chi connectivity index (χ1) is 12.0. The maximum atomic E-state index is 12.9. The van der Waals surface area contributed by atoms with Gasteiger partial charge in [0.2, 0.25) is 10.0 Å². The molecule has 0 saturated heterocycles. The van der Waals surface area contributed by atoms with Crippen molar-refractivity contribution in [3.63, 3.8) is 0 Å². The summed E-state index contributed by atoms with van der Waals surface area (Å²) in [6, 6.07) is 5.38. The Morgan fingerprint density at radius 2 is 2.00 bits per heavy atom. The summed E-state index contributed by atoms with van der Waals surface area (Å²) in [7, 11) is -3.29. The molecule has 144 valence electrons. The summed E-state index contributed by atoms with van der Waals surface area (Å²) in [6.07, 6.45) is -2.30. The fourth-order valence-corrected chi connectivity index (χ4v) is 4.29. The zero-order valence-electron chi connectivity index (χ0n) is 14.1. The minimum Gasteiger partial charge on any atom is -0.396 e. The van der Waals surface area contributed by atoms with Crippen molar-refractivity contribution in [2.45, 2.75) is 31.6 Å². The lowest BCUT2D eigenvalue weighted by Crippen LogP contribution is -2.34. The van der Waals surface area contributed by atoms with Crippen LogP contribution in [0.4, 0.5) is 13.2 Å². The van der Waals surface area contributed by atoms with Crippen molar-refractivity contribution >= 4 is 15.7 Å². The van der Waals surface area contributed by atoms with Gasteiger partial charge in [-0.2, -0.15) is 18.3 Å². The van der Waals surface area contributed by atoms with Crippen LogP contribution in [0.2, 0.25) is 0 Å². The number of aliphatic hydroxyl groups is 1. The molecule has 10 heteroatoms. The molecule has 3 rings (SSSR count). The van der Waals surface area contributed by atoms with E-state index in [-0.39, 0.29) is 19.1 Å². The maximum absolute atomic E-state index is 12.9. The van der Waals surface area contributed by atoms with Crippen LogP contribution in [0.1, 0.15) is 16.7 Å². The number of benzene rings is 1. The van der Waals surface area contributed by atoms with Crippen molar-refractivity contribution < 1.29 is 26.7 Å². The molecule has 1 unspecified atom stereocenters. The van der Waals surface area contributed by atoms with E-state index in [4.69, 9.17) is 5.11 Å². The van der Waals surface area contributed by atoms with Crippen LogP contribution >= 0.6 is 0 Å². The first-order valence-corrected chi connectivity index (χ1v) is 10.0. The molecule has 2 atom stereocenters. The Hall–Kier alpha value is -1.65. The second kappa shape index (κ2) is 6.82. The van der Waals surface area contributed by atoms with Crippen LogP contribution in [0.25, 0.3) is 0 Å². The molecule has 1 heterocycles. The number of sulfonamides is 1. The van der Waals surface area contributed by atoms with E-state index < -0.39 is 34.4 Å². The Balaban J connectivity index is 1.70. The van der Waals surface area contributed by atoms with Crippen molar-refractivity contribution in [2.75, 3.05) is 19.4 Å². The summed E-state index contributed by atoms with van der Waals surface area (Å²) >= 11 is 0. The summed E-state index contributed by atoms with van der Waals surface area (Å²) in [6.45, 7) is -0.383. The van der Waals surface area contributed by atoms with E-state index in [0.29, 0.717) is 12.8 Å². The van der Waals surface area contributed by atoms with E-state index in [1.54, 1.807) is 0 Å². The number of halogens is 3. The molecular formula is C16H20F3N3O3S. The fraction of sp³-hybridized carbons (Fsp3) is 0.562. The number of fused-ring (bicyclic) bond motifs is 1. The third kappa shape index (κ3) is 4.36. The van der Waals surface area contributed by atoms with Gasteiger partial charge in [-0.05, 0) is 29.5 Å². The zero-order valence-corrected chi connectivity index (χ0v) is 14.9. The first-order valence-electron chi connectivity index (χ1n) is 8.14. The third-order valence-electron chi connectivity index (χ3n) is 4.53. The summed E-state index contributed by atoms with van der Waals surface area (Å²) in [5.74, 6) is -1.03. The van der Waals surface area contributed by atoms with Gasteiger partial charge in [-0.3, -0.25) is 5.01 Å². The normalized spacial score (nSPS) is 23.3. The van der Waals surface area contributed by atoms with Crippen molar-refractivity contribution in [1.82, 2.24) is 9.73 Å². The van der Waals surface area contributed by atoms with Crippen LogP contribution in [0.5, 0.6) is 0 Å². The van der Waals surface area contributed by atoms with Crippen LogP contribution in [-0.2, 0) is 29.4 Å². The van der Waals surface area contributed by atoms with Crippen molar-refractivity contribution in [3.8, 4) is 0 Å². The molecule has 0 spiro atoms. The Labute approximate surface area is 149 Å². The van der Waals surface area contributed by atoms with Crippen molar-refractivity contribution in [3.05, 3.63) is 34.9 Å². The SMILES string of the molecule is CS(=O)(=O)N[C@@H]1Cc2ccc(CN3CC(CO)C(C(F)(F)F)=N3)cc2C1. The zero-order chi connectivity index (χ0) is 19.1. The summed E-state index contributed by atoms with van der Waals surface area (Å²) < 4.78 is 64.1. The monoisotopic (exact) mass is 391 g/mol. The molecule has 1 aromatic rings. The van der Waals surface area contributed by atoms with Crippen LogP contribution in [0.15, 0.2) is 23.3 Å². The number of hydrogen-bond donors (Lipinski definition) is 2. The van der Waals surface area contributed by atoms with E-state index in [2.05, 4.69) is 9.82 Å². The van der Waals surface area contributed by atoms with Crippen LogP contribution in [0.3, 0.4) is 0 Å². The van der Waals surface area contributed by atoms with Gasteiger partial charge in [-0.15, -0.1) is 0 Å². The molecular weight excluding hydrogens is 371 g/mol. The van der Waals surface area contributed by atoms with E-state index >= 15 is 0 Å². The number of rotatable bonds is 5. The average Bonchev–Trinajstić information content (AvgIpc) is 3.07. The highest BCUT2D eigenvalue weighted by molar-refractivity contribution is 7.88. The Bertz CT molecular complexity index is 824. The Morgan fingerprint density at radius 3 is 2.58 bits per heavy atom. The molecule has 0 radical (unpaired) electrons. The van der Waals surface area contributed by atoms with E-state index in [9.17, 15) is 21.6 Å². The molecule has 26 heavy (non-hydrogen) atoms. The van der Waals surface area contributed by atoms with Gasteiger partial charge in [0.05, 0.1) is 25.3 Å². The summed E-state index contributed by atoms with van der Waals surface area (Å²) in [5.41, 5.74) is 1.87. The molecule has 2 aliphatic rings. The molecule has 0 saturated carbocycles. The first kappa shape index (κ1) is 19.1. The molecule has 0 amide bonds. The highest BCUT2D eigenvalue weighted by Gasteiger charge is 2.44. The number of alkyl halides is 3. The largest absolute Gasteiger partial charge is 0.431 e. The molecule has 1 aliphatic heterocycles. The summed E-state index contributed by atoms with van der Waals surface area (Å²) in [5, 5.41) is 14.1. The Morgan fingerprint density at radius 1 is 1.31 bits per heavy atom. The molecule has 0 bridgehead atoms. The van der Waals surface area contributed by atoms with Crippen LogP contribution in [-0.4, -0.2) is 55.9 Å². The van der Waals surface area contributed by atoms with Gasteiger partial charge in [-0.1, -0.05) is 18.2 Å². The van der Waals surface area contributed by atoms with Crippen LogP contribution in [0, 0.1) is 5.92 Å². The van der Waals surface area contributed by atoms with Gasteiger partial charge in [0, 0.05) is 12.6 Å². The number of hydrazone groups is 1. The van der Waals surface area contributed by atoms with Gasteiger partial charge in [-0.25, -0.2) is 13.1 Å². The number of nitrogens with zero attached hydrogens (tertiary/aromatic N) is 2.